The molecule has 0 aromatic heterocycles. The van der Waals surface area contributed by atoms with E-state index in [2.05, 4.69) is 0 Å². The number of nitro groups is 2. The highest BCUT2D eigenvalue weighted by Gasteiger charge is 2.17. The predicted molar refractivity (Wildman–Crippen MR) is 86.1 cm³/mol. The molecule has 24 heavy (non-hydrogen) atoms. The summed E-state index contributed by atoms with van der Waals surface area (Å²) in [5, 5.41) is 21.5. The Bertz CT molecular complexity index is 731. The molecule has 0 amide bonds. The van der Waals surface area contributed by atoms with Gasteiger partial charge in [-0.25, -0.2) is 0 Å². The standard InChI is InChI=1S/C14H13N2O7P/c1-9-7-11(3-5-13(9)15(17)18)22-24(21)23-12-4-6-14(16(19)20)10(2)8-12/h3-8,21H,1-2H3. The molecule has 0 bridgehead atoms. The maximum absolute atomic E-state index is 10.8. The molecule has 0 radical (unpaired) electrons. The molecule has 2 rings (SSSR count). The molecule has 0 heterocycles. The van der Waals surface area contributed by atoms with Crippen LogP contribution in [0.4, 0.5) is 11.4 Å². The van der Waals surface area contributed by atoms with Gasteiger partial charge in [-0.15, -0.1) is 0 Å². The van der Waals surface area contributed by atoms with Crippen molar-refractivity contribution in [3.05, 3.63) is 67.8 Å². The molecule has 1 N–H and O–H groups in total. The molecule has 0 saturated carbocycles. The van der Waals surface area contributed by atoms with E-state index in [1.165, 1.54) is 36.4 Å². The van der Waals surface area contributed by atoms with Crippen molar-refractivity contribution in [1.82, 2.24) is 0 Å². The Kier molecular flexibility index (Phi) is 5.28. The van der Waals surface area contributed by atoms with E-state index in [4.69, 9.17) is 9.05 Å². The summed E-state index contributed by atoms with van der Waals surface area (Å²) in [6.07, 6.45) is 0. The van der Waals surface area contributed by atoms with Gasteiger partial charge in [0.15, 0.2) is 0 Å². The Labute approximate surface area is 137 Å². The van der Waals surface area contributed by atoms with Crippen molar-refractivity contribution < 1.29 is 23.8 Å². The molecule has 0 unspecified atom stereocenters. The van der Waals surface area contributed by atoms with Crippen LogP contribution in [0.1, 0.15) is 11.1 Å². The first-order chi connectivity index (χ1) is 11.3. The molecule has 0 aliphatic heterocycles. The third-order valence-corrected chi connectivity index (χ3v) is 3.83. The second-order valence-electron chi connectivity index (χ2n) is 4.83. The SMILES string of the molecule is Cc1cc(OP(O)Oc2ccc([N+](=O)[O-])c(C)c2)ccc1[N+](=O)[O-]. The van der Waals surface area contributed by atoms with Crippen molar-refractivity contribution in [3.8, 4) is 11.5 Å². The van der Waals surface area contributed by atoms with Crippen LogP contribution >= 0.6 is 8.60 Å². The number of benzene rings is 2. The summed E-state index contributed by atoms with van der Waals surface area (Å²) < 4.78 is 10.4. The number of hydrogen-bond acceptors (Lipinski definition) is 7. The number of aryl methyl sites for hydroxylation is 2. The second kappa shape index (κ2) is 7.20. The van der Waals surface area contributed by atoms with Crippen molar-refractivity contribution in [2.45, 2.75) is 13.8 Å². The normalized spacial score (nSPS) is 10.5. The lowest BCUT2D eigenvalue weighted by Crippen LogP contribution is -1.97. The third kappa shape index (κ3) is 4.15. The lowest BCUT2D eigenvalue weighted by Gasteiger charge is -2.13. The van der Waals surface area contributed by atoms with Gasteiger partial charge >= 0.3 is 8.60 Å². The van der Waals surface area contributed by atoms with Crippen LogP contribution in [0.2, 0.25) is 0 Å². The van der Waals surface area contributed by atoms with Crippen LogP contribution in [0.15, 0.2) is 36.4 Å². The van der Waals surface area contributed by atoms with Crippen LogP contribution in [0.5, 0.6) is 11.5 Å². The highest BCUT2D eigenvalue weighted by atomic mass is 31.2. The Morgan fingerprint density at radius 1 is 0.875 bits per heavy atom. The number of hydrogen-bond donors (Lipinski definition) is 1. The van der Waals surface area contributed by atoms with Crippen LogP contribution < -0.4 is 9.05 Å². The molecular formula is C14H13N2O7P. The van der Waals surface area contributed by atoms with Gasteiger partial charge in [-0.3, -0.25) is 20.2 Å². The van der Waals surface area contributed by atoms with Crippen molar-refractivity contribution in [2.75, 3.05) is 0 Å². The van der Waals surface area contributed by atoms with E-state index in [1.807, 2.05) is 0 Å². The maximum atomic E-state index is 10.8. The van der Waals surface area contributed by atoms with E-state index < -0.39 is 18.4 Å². The minimum Gasteiger partial charge on any atom is -0.418 e. The van der Waals surface area contributed by atoms with E-state index in [0.29, 0.717) is 11.1 Å². The van der Waals surface area contributed by atoms with E-state index >= 15 is 0 Å². The fourth-order valence-corrected chi connectivity index (χ4v) is 2.60. The summed E-state index contributed by atoms with van der Waals surface area (Å²) >= 11 is 0. The molecule has 0 aliphatic rings. The Morgan fingerprint density at radius 2 is 1.25 bits per heavy atom. The molecule has 2 aromatic carbocycles. The van der Waals surface area contributed by atoms with Crippen molar-refractivity contribution >= 4 is 20.0 Å². The van der Waals surface area contributed by atoms with Crippen LogP contribution in [0, 0.1) is 34.1 Å². The molecule has 10 heteroatoms. The van der Waals surface area contributed by atoms with Crippen LogP contribution in [-0.4, -0.2) is 14.7 Å². The lowest BCUT2D eigenvalue weighted by atomic mass is 10.2. The average molecular weight is 352 g/mol. The number of nitrogens with zero attached hydrogens (tertiary/aromatic N) is 2. The first-order valence-electron chi connectivity index (χ1n) is 6.63. The topological polar surface area (TPSA) is 125 Å². The first kappa shape index (κ1) is 17.6. The van der Waals surface area contributed by atoms with Gasteiger partial charge in [0.1, 0.15) is 11.5 Å². The maximum Gasteiger partial charge on any atom is 0.460 e. The second-order valence-corrected chi connectivity index (χ2v) is 5.67. The Hall–Kier alpha value is -2.77. The fraction of sp³-hybridized carbons (Fsp3) is 0.143. The van der Waals surface area contributed by atoms with Gasteiger partial charge in [-0.2, -0.15) is 0 Å². The minimum atomic E-state index is -2.35. The van der Waals surface area contributed by atoms with Crippen LogP contribution in [-0.2, 0) is 0 Å². The van der Waals surface area contributed by atoms with Gasteiger partial charge in [0, 0.05) is 23.3 Å². The van der Waals surface area contributed by atoms with Crippen molar-refractivity contribution in [3.63, 3.8) is 0 Å². The summed E-state index contributed by atoms with van der Waals surface area (Å²) in [5.41, 5.74) is 0.646. The zero-order valence-electron chi connectivity index (χ0n) is 12.7. The summed E-state index contributed by atoms with van der Waals surface area (Å²) in [5.74, 6) is 0.427. The average Bonchev–Trinajstić information content (AvgIpc) is 2.46. The minimum absolute atomic E-state index is 0.0588. The quantitative estimate of drug-likeness (QED) is 0.476. The Morgan fingerprint density at radius 3 is 1.54 bits per heavy atom. The van der Waals surface area contributed by atoms with Crippen molar-refractivity contribution in [2.24, 2.45) is 0 Å². The van der Waals surface area contributed by atoms with Gasteiger partial charge in [0.25, 0.3) is 11.4 Å². The van der Waals surface area contributed by atoms with Crippen LogP contribution in [0.25, 0.3) is 0 Å². The highest BCUT2D eigenvalue weighted by Crippen LogP contribution is 2.38. The third-order valence-electron chi connectivity index (χ3n) is 3.10. The van der Waals surface area contributed by atoms with Crippen molar-refractivity contribution in [1.29, 1.82) is 0 Å². The van der Waals surface area contributed by atoms with Gasteiger partial charge in [-0.1, -0.05) is 0 Å². The summed E-state index contributed by atoms with van der Waals surface area (Å²) in [7, 11) is -2.35. The molecule has 0 saturated heterocycles. The molecule has 126 valence electrons. The van der Waals surface area contributed by atoms with Gasteiger partial charge in [0.05, 0.1) is 9.85 Å². The van der Waals surface area contributed by atoms with Gasteiger partial charge in [-0.05, 0) is 38.1 Å². The summed E-state index contributed by atoms with van der Waals surface area (Å²) in [6.45, 7) is 3.09. The molecule has 0 fully saturated rings. The van der Waals surface area contributed by atoms with Crippen LogP contribution in [0.3, 0.4) is 0 Å². The Balaban J connectivity index is 2.07. The van der Waals surface area contributed by atoms with Gasteiger partial charge in [0.2, 0.25) is 0 Å². The zero-order chi connectivity index (χ0) is 17.9. The molecule has 0 aliphatic carbocycles. The summed E-state index contributed by atoms with van der Waals surface area (Å²) in [4.78, 5) is 30.3. The number of rotatable bonds is 6. The molecule has 2 aromatic rings. The van der Waals surface area contributed by atoms with E-state index in [0.717, 1.165) is 0 Å². The summed E-state index contributed by atoms with van der Waals surface area (Å²) in [6, 6.07) is 8.05. The van der Waals surface area contributed by atoms with E-state index in [1.54, 1.807) is 13.8 Å². The van der Waals surface area contributed by atoms with E-state index in [9.17, 15) is 25.1 Å². The molecule has 0 spiro atoms. The fourth-order valence-electron chi connectivity index (χ4n) is 1.98. The first-order valence-corrected chi connectivity index (χ1v) is 7.76. The van der Waals surface area contributed by atoms with Gasteiger partial charge < -0.3 is 13.9 Å². The monoisotopic (exact) mass is 352 g/mol. The molecule has 9 nitrogen and oxygen atoms in total. The zero-order valence-corrected chi connectivity index (χ0v) is 13.6. The van der Waals surface area contributed by atoms with E-state index in [-0.39, 0.29) is 22.9 Å². The molecular weight excluding hydrogens is 339 g/mol. The largest absolute Gasteiger partial charge is 0.460 e. The lowest BCUT2D eigenvalue weighted by molar-refractivity contribution is -0.385. The molecule has 0 atom stereocenters. The smallest absolute Gasteiger partial charge is 0.418 e. The predicted octanol–water partition coefficient (Wildman–Crippen LogP) is 3.80. The highest BCUT2D eigenvalue weighted by molar-refractivity contribution is 7.41. The number of nitro benzene ring substituents is 2.